The molecule has 0 saturated carbocycles. The van der Waals surface area contributed by atoms with Crippen molar-refractivity contribution in [3.8, 4) is 0 Å². The van der Waals surface area contributed by atoms with Crippen molar-refractivity contribution < 1.29 is 19.1 Å². The second-order valence-corrected chi connectivity index (χ2v) is 4.79. The van der Waals surface area contributed by atoms with Crippen LogP contribution in [-0.4, -0.2) is 55.9 Å². The van der Waals surface area contributed by atoms with Gasteiger partial charge in [0.15, 0.2) is 0 Å². The molecule has 6 heteroatoms. The Labute approximate surface area is 114 Å². The molecular formula is C13H24N2O4. The van der Waals surface area contributed by atoms with E-state index in [4.69, 9.17) is 4.74 Å². The van der Waals surface area contributed by atoms with Crippen LogP contribution in [0.3, 0.4) is 0 Å². The van der Waals surface area contributed by atoms with E-state index in [1.54, 1.807) is 6.92 Å². The molecule has 0 spiro atoms. The topological polar surface area (TPSA) is 67.9 Å². The van der Waals surface area contributed by atoms with Gasteiger partial charge in [0.25, 0.3) is 0 Å². The first-order chi connectivity index (χ1) is 9.04. The van der Waals surface area contributed by atoms with E-state index < -0.39 is 18.2 Å². The summed E-state index contributed by atoms with van der Waals surface area (Å²) >= 11 is 0. The summed E-state index contributed by atoms with van der Waals surface area (Å²) in [6, 6.07) is -0.442. The lowest BCUT2D eigenvalue weighted by atomic mass is 10.1. The van der Waals surface area contributed by atoms with Gasteiger partial charge in [0.1, 0.15) is 6.04 Å². The number of carbonyl (C=O) groups excluding carboxylic acids is 2. The molecular weight excluding hydrogens is 248 g/mol. The number of hydrogen-bond donors (Lipinski definition) is 1. The van der Waals surface area contributed by atoms with E-state index in [-0.39, 0.29) is 11.9 Å². The van der Waals surface area contributed by atoms with Gasteiger partial charge in [-0.3, -0.25) is 4.79 Å². The molecule has 0 aromatic carbocycles. The van der Waals surface area contributed by atoms with Crippen molar-refractivity contribution in [2.45, 2.75) is 51.3 Å². The summed E-state index contributed by atoms with van der Waals surface area (Å²) < 4.78 is 9.75. The largest absolute Gasteiger partial charge is 0.453 e. The van der Waals surface area contributed by atoms with Gasteiger partial charge < -0.3 is 19.7 Å². The normalized spacial score (nSPS) is 21.9. The molecule has 1 aliphatic rings. The predicted octanol–water partition coefficient (Wildman–Crippen LogP) is 1.15. The third-order valence-corrected chi connectivity index (χ3v) is 3.70. The lowest BCUT2D eigenvalue weighted by Crippen LogP contribution is -2.55. The first kappa shape index (κ1) is 15.8. The fourth-order valence-corrected chi connectivity index (χ4v) is 2.43. The Balaban J connectivity index is 2.78. The van der Waals surface area contributed by atoms with Gasteiger partial charge in [0.05, 0.1) is 13.2 Å². The standard InChI is InChI=1S/C13H24N2O4/c1-5-10-7-6-8-15(10)12(16)11(9(2)18-3)14-13(17)19-4/h9-11H,5-8H2,1-4H3,(H,14,17)/t9-,10-,11+/m1/s1. The van der Waals surface area contributed by atoms with Crippen LogP contribution in [0.1, 0.15) is 33.1 Å². The van der Waals surface area contributed by atoms with E-state index in [9.17, 15) is 9.59 Å². The maximum Gasteiger partial charge on any atom is 0.407 e. The summed E-state index contributed by atoms with van der Waals surface area (Å²) in [4.78, 5) is 25.7. The molecule has 0 unspecified atom stereocenters. The van der Waals surface area contributed by atoms with Crippen molar-refractivity contribution in [1.82, 2.24) is 10.2 Å². The zero-order valence-corrected chi connectivity index (χ0v) is 12.1. The number of nitrogens with one attached hydrogen (secondary N) is 1. The van der Waals surface area contributed by atoms with Gasteiger partial charge in [-0.05, 0) is 26.2 Å². The number of rotatable bonds is 5. The molecule has 6 nitrogen and oxygen atoms in total. The molecule has 0 bridgehead atoms. The Morgan fingerprint density at radius 1 is 1.42 bits per heavy atom. The van der Waals surface area contributed by atoms with Gasteiger partial charge in [0.2, 0.25) is 5.91 Å². The molecule has 0 radical (unpaired) electrons. The zero-order chi connectivity index (χ0) is 14.4. The van der Waals surface area contributed by atoms with E-state index >= 15 is 0 Å². The fourth-order valence-electron chi connectivity index (χ4n) is 2.43. The SMILES string of the molecule is CC[C@@H]1CCCN1C(=O)[C@@H](NC(=O)OC)[C@@H](C)OC. The number of alkyl carbamates (subject to hydrolysis) is 1. The van der Waals surface area contributed by atoms with Crippen LogP contribution in [0.25, 0.3) is 0 Å². The Morgan fingerprint density at radius 2 is 2.11 bits per heavy atom. The van der Waals surface area contributed by atoms with Gasteiger partial charge in [-0.2, -0.15) is 0 Å². The molecule has 1 saturated heterocycles. The number of likely N-dealkylation sites (tertiary alicyclic amines) is 1. The van der Waals surface area contributed by atoms with E-state index in [0.29, 0.717) is 0 Å². The minimum Gasteiger partial charge on any atom is -0.453 e. The summed E-state index contributed by atoms with van der Waals surface area (Å²) in [6.07, 6.45) is 1.95. The van der Waals surface area contributed by atoms with Crippen LogP contribution < -0.4 is 5.32 Å². The number of carbonyl (C=O) groups is 2. The molecule has 0 aromatic heterocycles. The molecule has 1 aliphatic heterocycles. The summed E-state index contributed by atoms with van der Waals surface area (Å²) in [5.74, 6) is -0.0934. The highest BCUT2D eigenvalue weighted by atomic mass is 16.5. The quantitative estimate of drug-likeness (QED) is 0.815. The molecule has 0 aliphatic carbocycles. The van der Waals surface area contributed by atoms with Crippen LogP contribution in [0.5, 0.6) is 0 Å². The zero-order valence-electron chi connectivity index (χ0n) is 12.1. The van der Waals surface area contributed by atoms with Gasteiger partial charge in [-0.15, -0.1) is 0 Å². The maximum absolute atomic E-state index is 12.5. The van der Waals surface area contributed by atoms with Crippen LogP contribution in [0.15, 0.2) is 0 Å². The summed E-state index contributed by atoms with van der Waals surface area (Å²) in [7, 11) is 2.80. The van der Waals surface area contributed by atoms with Crippen molar-refractivity contribution in [2.75, 3.05) is 20.8 Å². The van der Waals surface area contributed by atoms with Gasteiger partial charge >= 0.3 is 6.09 Å². The molecule has 1 heterocycles. The second kappa shape index (κ2) is 7.33. The lowest BCUT2D eigenvalue weighted by molar-refractivity contribution is -0.137. The molecule has 0 aromatic rings. The molecule has 2 amide bonds. The molecule has 1 rings (SSSR count). The summed E-state index contributed by atoms with van der Waals surface area (Å²) in [6.45, 7) is 4.57. The van der Waals surface area contributed by atoms with Crippen LogP contribution in [0.4, 0.5) is 4.79 Å². The Kier molecular flexibility index (Phi) is 6.08. The van der Waals surface area contributed by atoms with E-state index in [2.05, 4.69) is 17.0 Å². The number of hydrogen-bond acceptors (Lipinski definition) is 4. The third-order valence-electron chi connectivity index (χ3n) is 3.70. The Hall–Kier alpha value is -1.30. The van der Waals surface area contributed by atoms with Gasteiger partial charge in [-0.25, -0.2) is 4.79 Å². The summed E-state index contributed by atoms with van der Waals surface area (Å²) in [5, 5.41) is 2.56. The Morgan fingerprint density at radius 3 is 2.63 bits per heavy atom. The first-order valence-electron chi connectivity index (χ1n) is 6.72. The average Bonchev–Trinajstić information content (AvgIpc) is 2.91. The van der Waals surface area contributed by atoms with Gasteiger partial charge in [-0.1, -0.05) is 6.92 Å². The van der Waals surface area contributed by atoms with Crippen molar-refractivity contribution >= 4 is 12.0 Å². The predicted molar refractivity (Wildman–Crippen MR) is 70.8 cm³/mol. The molecule has 110 valence electrons. The number of amides is 2. The number of ether oxygens (including phenoxy) is 2. The van der Waals surface area contributed by atoms with Gasteiger partial charge in [0, 0.05) is 19.7 Å². The molecule has 1 fully saturated rings. The molecule has 3 atom stereocenters. The monoisotopic (exact) mass is 272 g/mol. The van der Waals surface area contributed by atoms with E-state index in [1.807, 2.05) is 4.90 Å². The highest BCUT2D eigenvalue weighted by Gasteiger charge is 2.36. The van der Waals surface area contributed by atoms with E-state index in [1.165, 1.54) is 14.2 Å². The van der Waals surface area contributed by atoms with E-state index in [0.717, 1.165) is 25.8 Å². The average molecular weight is 272 g/mol. The fraction of sp³-hybridized carbons (Fsp3) is 0.846. The highest BCUT2D eigenvalue weighted by molar-refractivity contribution is 5.86. The smallest absolute Gasteiger partial charge is 0.407 e. The third kappa shape index (κ3) is 3.83. The van der Waals surface area contributed by atoms with Crippen molar-refractivity contribution in [1.29, 1.82) is 0 Å². The maximum atomic E-state index is 12.5. The van der Waals surface area contributed by atoms with Crippen LogP contribution >= 0.6 is 0 Å². The molecule has 1 N–H and O–H groups in total. The molecule has 19 heavy (non-hydrogen) atoms. The van der Waals surface area contributed by atoms with Crippen LogP contribution in [-0.2, 0) is 14.3 Å². The second-order valence-electron chi connectivity index (χ2n) is 4.79. The first-order valence-corrected chi connectivity index (χ1v) is 6.72. The Bertz CT molecular complexity index is 322. The minimum atomic E-state index is -0.704. The number of methoxy groups -OCH3 is 2. The lowest BCUT2D eigenvalue weighted by Gasteiger charge is -2.30. The van der Waals surface area contributed by atoms with Crippen molar-refractivity contribution in [3.05, 3.63) is 0 Å². The summed E-state index contributed by atoms with van der Waals surface area (Å²) in [5.41, 5.74) is 0. The number of nitrogens with zero attached hydrogens (tertiary/aromatic N) is 1. The van der Waals surface area contributed by atoms with Crippen LogP contribution in [0, 0.1) is 0 Å². The minimum absolute atomic E-state index is 0.0934. The highest BCUT2D eigenvalue weighted by Crippen LogP contribution is 2.21. The van der Waals surface area contributed by atoms with Crippen molar-refractivity contribution in [3.63, 3.8) is 0 Å². The van der Waals surface area contributed by atoms with Crippen LogP contribution in [0.2, 0.25) is 0 Å². The van der Waals surface area contributed by atoms with Crippen molar-refractivity contribution in [2.24, 2.45) is 0 Å².